The van der Waals surface area contributed by atoms with Gasteiger partial charge in [-0.1, -0.05) is 6.07 Å². The summed E-state index contributed by atoms with van der Waals surface area (Å²) < 4.78 is 71.8. The zero-order valence-corrected chi connectivity index (χ0v) is 26.5. The van der Waals surface area contributed by atoms with E-state index in [1.54, 1.807) is 35.1 Å². The Labute approximate surface area is 264 Å². The van der Waals surface area contributed by atoms with E-state index in [0.29, 0.717) is 56.2 Å². The molecule has 0 amide bonds. The summed E-state index contributed by atoms with van der Waals surface area (Å²) >= 11 is 0. The standard InChI is InChI=1S/C31H34F2N8O4S/c1-18-23(16-34-39(18)2)19-7-8-24(26(12-19)46(3,42)43)36-25-15-20(13-21-14-22-17-44-11-9-40(22)38-21)35-30-28(25)37-31(29(32)33)41(30)27-6-4-5-10-45-27/h7-8,12,14-16,27,29H,4-6,9-11,13,17H2,1-3H3,(H,35,36). The van der Waals surface area contributed by atoms with Gasteiger partial charge in [-0.05, 0) is 56.0 Å². The third-order valence-electron chi connectivity index (χ3n) is 8.54. The van der Waals surface area contributed by atoms with Crippen LogP contribution in [0.15, 0.2) is 41.4 Å². The zero-order chi connectivity index (χ0) is 32.2. The number of pyridine rings is 1. The van der Waals surface area contributed by atoms with E-state index in [-0.39, 0.29) is 21.7 Å². The van der Waals surface area contributed by atoms with Crippen molar-refractivity contribution in [1.29, 1.82) is 0 Å². The number of halogens is 2. The van der Waals surface area contributed by atoms with Crippen molar-refractivity contribution >= 4 is 32.4 Å². The first-order valence-corrected chi connectivity index (χ1v) is 17.0. The van der Waals surface area contributed by atoms with Crippen molar-refractivity contribution in [3.8, 4) is 11.1 Å². The number of anilines is 2. The Kier molecular flexibility index (Phi) is 7.85. The first-order valence-electron chi connectivity index (χ1n) is 15.1. The molecule has 1 unspecified atom stereocenters. The zero-order valence-electron chi connectivity index (χ0n) is 25.7. The van der Waals surface area contributed by atoms with Gasteiger partial charge in [-0.15, -0.1) is 0 Å². The molecule has 242 valence electrons. The smallest absolute Gasteiger partial charge is 0.295 e. The van der Waals surface area contributed by atoms with Crippen LogP contribution in [-0.4, -0.2) is 62.0 Å². The number of benzene rings is 1. The fraction of sp³-hybridized carbons (Fsp3) is 0.419. The minimum absolute atomic E-state index is 0.0469. The van der Waals surface area contributed by atoms with Gasteiger partial charge in [0.05, 0.1) is 59.3 Å². The number of alkyl halides is 2. The number of nitrogens with zero attached hydrogens (tertiary/aromatic N) is 7. The lowest BCUT2D eigenvalue weighted by molar-refractivity contribution is -0.0363. The molecule has 0 saturated carbocycles. The van der Waals surface area contributed by atoms with Crippen LogP contribution in [0.1, 0.15) is 60.5 Å². The van der Waals surface area contributed by atoms with E-state index in [9.17, 15) is 17.2 Å². The molecule has 1 saturated heterocycles. The minimum Gasteiger partial charge on any atom is -0.373 e. The number of nitrogens with one attached hydrogen (secondary N) is 1. The summed E-state index contributed by atoms with van der Waals surface area (Å²) in [6.45, 7) is 4.02. The van der Waals surface area contributed by atoms with Crippen LogP contribution >= 0.6 is 0 Å². The number of fused-ring (bicyclic) bond motifs is 2. The Morgan fingerprint density at radius 1 is 1.09 bits per heavy atom. The molecule has 6 heterocycles. The second-order valence-corrected chi connectivity index (χ2v) is 13.7. The van der Waals surface area contributed by atoms with E-state index in [1.807, 2.05) is 24.7 Å². The fourth-order valence-corrected chi connectivity index (χ4v) is 6.99. The molecule has 1 aromatic carbocycles. The van der Waals surface area contributed by atoms with Crippen LogP contribution in [0.5, 0.6) is 0 Å². The molecule has 7 rings (SSSR count). The van der Waals surface area contributed by atoms with Gasteiger partial charge in [0.2, 0.25) is 0 Å². The van der Waals surface area contributed by atoms with Crippen molar-refractivity contribution in [2.75, 3.05) is 24.8 Å². The van der Waals surface area contributed by atoms with Crippen molar-refractivity contribution < 1.29 is 26.7 Å². The number of hydrogen-bond acceptors (Lipinski definition) is 9. The molecule has 0 aliphatic carbocycles. The van der Waals surface area contributed by atoms with Gasteiger partial charge in [0, 0.05) is 37.6 Å². The van der Waals surface area contributed by atoms with Gasteiger partial charge in [0.25, 0.3) is 6.43 Å². The fourth-order valence-electron chi connectivity index (χ4n) is 6.13. The Bertz CT molecular complexity index is 2020. The molecule has 5 aromatic rings. The molecule has 2 aliphatic rings. The predicted molar refractivity (Wildman–Crippen MR) is 166 cm³/mol. The van der Waals surface area contributed by atoms with Gasteiger partial charge in [0.1, 0.15) is 11.7 Å². The van der Waals surface area contributed by atoms with E-state index in [1.165, 1.54) is 4.57 Å². The average molecular weight is 653 g/mol. The molecule has 2 aliphatic heterocycles. The summed E-state index contributed by atoms with van der Waals surface area (Å²) in [4.78, 5) is 9.25. The summed E-state index contributed by atoms with van der Waals surface area (Å²) in [6.07, 6.45) is 1.80. The summed E-state index contributed by atoms with van der Waals surface area (Å²) in [6, 6.07) is 8.74. The lowest BCUT2D eigenvalue weighted by Gasteiger charge is -2.25. The first kappa shape index (κ1) is 30.4. The highest BCUT2D eigenvalue weighted by molar-refractivity contribution is 7.90. The normalized spacial score (nSPS) is 17.1. The summed E-state index contributed by atoms with van der Waals surface area (Å²) in [5.74, 6) is -0.449. The molecule has 0 spiro atoms. The van der Waals surface area contributed by atoms with Crippen molar-refractivity contribution in [3.05, 3.63) is 65.1 Å². The number of hydrogen-bond donors (Lipinski definition) is 1. The van der Waals surface area contributed by atoms with Crippen molar-refractivity contribution in [1.82, 2.24) is 34.1 Å². The highest BCUT2D eigenvalue weighted by atomic mass is 32.2. The number of ether oxygens (including phenoxy) is 2. The van der Waals surface area contributed by atoms with Crippen molar-refractivity contribution in [2.24, 2.45) is 7.05 Å². The maximum Gasteiger partial charge on any atom is 0.295 e. The quantitative estimate of drug-likeness (QED) is 0.239. The Balaban J connectivity index is 1.37. The number of sulfone groups is 1. The summed E-state index contributed by atoms with van der Waals surface area (Å²) in [5.41, 5.74) is 5.66. The Hall–Kier alpha value is -4.21. The second-order valence-electron chi connectivity index (χ2n) is 11.8. The summed E-state index contributed by atoms with van der Waals surface area (Å²) in [5, 5.41) is 12.2. The number of aryl methyl sites for hydroxylation is 1. The summed E-state index contributed by atoms with van der Waals surface area (Å²) in [7, 11) is -1.92. The maximum atomic E-state index is 14.5. The van der Waals surface area contributed by atoms with Crippen LogP contribution in [0.25, 0.3) is 22.3 Å². The van der Waals surface area contributed by atoms with Crippen LogP contribution < -0.4 is 5.32 Å². The van der Waals surface area contributed by atoms with E-state index in [2.05, 4.69) is 15.4 Å². The van der Waals surface area contributed by atoms with Crippen molar-refractivity contribution in [2.45, 2.75) is 63.3 Å². The number of aromatic nitrogens is 7. The molecule has 15 heteroatoms. The lowest BCUT2D eigenvalue weighted by atomic mass is 10.1. The molecule has 4 aromatic heterocycles. The largest absolute Gasteiger partial charge is 0.373 e. The van der Waals surface area contributed by atoms with E-state index in [4.69, 9.17) is 19.6 Å². The molecule has 1 atom stereocenters. The third kappa shape index (κ3) is 5.67. The number of rotatable bonds is 8. The average Bonchev–Trinajstić information content (AvgIpc) is 3.72. The predicted octanol–water partition coefficient (Wildman–Crippen LogP) is 5.24. The van der Waals surface area contributed by atoms with Gasteiger partial charge in [-0.25, -0.2) is 27.2 Å². The van der Waals surface area contributed by atoms with Gasteiger partial charge in [-0.2, -0.15) is 10.2 Å². The molecule has 1 fully saturated rings. The van der Waals surface area contributed by atoms with Gasteiger partial charge in [0.15, 0.2) is 21.3 Å². The topological polar surface area (TPSA) is 131 Å². The molecular formula is C31H34F2N8O4S. The molecule has 0 radical (unpaired) electrons. The van der Waals surface area contributed by atoms with Gasteiger partial charge in [-0.3, -0.25) is 13.9 Å². The lowest BCUT2D eigenvalue weighted by Crippen LogP contribution is -2.20. The van der Waals surface area contributed by atoms with Crippen LogP contribution in [0.4, 0.5) is 20.2 Å². The SMILES string of the molecule is Cc1c(-c2ccc(Nc3cc(Cc4cc5n(n4)CCOC5)nc4c3nc(C(F)F)n4C3CCCCO3)c(S(C)(=O)=O)c2)cnn1C. The van der Waals surface area contributed by atoms with Crippen LogP contribution in [0.2, 0.25) is 0 Å². The Morgan fingerprint density at radius 2 is 1.93 bits per heavy atom. The van der Waals surface area contributed by atoms with Crippen LogP contribution in [-0.2, 0) is 45.9 Å². The van der Waals surface area contributed by atoms with Gasteiger partial charge < -0.3 is 14.8 Å². The Morgan fingerprint density at radius 3 is 2.63 bits per heavy atom. The van der Waals surface area contributed by atoms with E-state index < -0.39 is 28.3 Å². The van der Waals surface area contributed by atoms with Crippen LogP contribution in [0.3, 0.4) is 0 Å². The van der Waals surface area contributed by atoms with Crippen molar-refractivity contribution in [3.63, 3.8) is 0 Å². The highest BCUT2D eigenvalue weighted by Crippen LogP contribution is 2.38. The molecular weight excluding hydrogens is 618 g/mol. The van der Waals surface area contributed by atoms with E-state index >= 15 is 0 Å². The van der Waals surface area contributed by atoms with Gasteiger partial charge >= 0.3 is 0 Å². The maximum absolute atomic E-state index is 14.5. The highest BCUT2D eigenvalue weighted by Gasteiger charge is 2.29. The monoisotopic (exact) mass is 652 g/mol. The molecule has 0 bridgehead atoms. The third-order valence-corrected chi connectivity index (χ3v) is 9.67. The molecule has 1 N–H and O–H groups in total. The number of imidazole rings is 1. The van der Waals surface area contributed by atoms with E-state index in [0.717, 1.165) is 41.7 Å². The molecule has 46 heavy (non-hydrogen) atoms. The van der Waals surface area contributed by atoms with Crippen LogP contribution in [0, 0.1) is 6.92 Å². The first-order chi connectivity index (χ1) is 22.1. The minimum atomic E-state index is -3.73. The second kappa shape index (κ2) is 11.9. The molecule has 12 nitrogen and oxygen atoms in total.